The Morgan fingerprint density at radius 2 is 2.15 bits per heavy atom. The summed E-state index contributed by atoms with van der Waals surface area (Å²) in [5.74, 6) is 0.515. The summed E-state index contributed by atoms with van der Waals surface area (Å²) in [4.78, 5) is 1.38. The summed E-state index contributed by atoms with van der Waals surface area (Å²) in [6.45, 7) is 8.70. The van der Waals surface area contributed by atoms with E-state index in [1.165, 1.54) is 11.3 Å². The van der Waals surface area contributed by atoms with Crippen LogP contribution in [0.1, 0.15) is 44.1 Å². The van der Waals surface area contributed by atoms with E-state index in [9.17, 15) is 8.42 Å². The number of thiophene rings is 1. The molecule has 114 valence electrons. The fourth-order valence-corrected chi connectivity index (χ4v) is 5.45. The molecular formula is C14H24N2O2S2. The van der Waals surface area contributed by atoms with Crippen LogP contribution >= 0.6 is 11.3 Å². The molecule has 0 aliphatic heterocycles. The molecule has 1 aliphatic carbocycles. The lowest BCUT2D eigenvalue weighted by atomic mass is 10.3. The third-order valence-corrected chi connectivity index (χ3v) is 6.63. The Bertz CT molecular complexity index is 564. The SMILES string of the molecule is CCC1CC1NS(=O)(=O)c1c(C)csc1CNC(C)C. The molecule has 0 radical (unpaired) electrons. The molecule has 1 aliphatic rings. The van der Waals surface area contributed by atoms with Crippen molar-refractivity contribution in [2.75, 3.05) is 0 Å². The van der Waals surface area contributed by atoms with Crippen LogP contribution in [0.4, 0.5) is 0 Å². The van der Waals surface area contributed by atoms with Gasteiger partial charge in [0.05, 0.1) is 0 Å². The topological polar surface area (TPSA) is 58.2 Å². The van der Waals surface area contributed by atoms with E-state index in [1.807, 2.05) is 12.3 Å². The average Bonchev–Trinajstić information content (AvgIpc) is 2.97. The van der Waals surface area contributed by atoms with Gasteiger partial charge in [-0.3, -0.25) is 0 Å². The van der Waals surface area contributed by atoms with Gasteiger partial charge in [0.25, 0.3) is 0 Å². The molecule has 0 bridgehead atoms. The Morgan fingerprint density at radius 1 is 1.45 bits per heavy atom. The van der Waals surface area contributed by atoms with E-state index in [1.54, 1.807) is 0 Å². The molecule has 0 aromatic carbocycles. The van der Waals surface area contributed by atoms with Gasteiger partial charge < -0.3 is 5.32 Å². The van der Waals surface area contributed by atoms with Gasteiger partial charge in [0.2, 0.25) is 10.0 Å². The molecule has 1 aromatic heterocycles. The number of hydrogen-bond donors (Lipinski definition) is 2. The van der Waals surface area contributed by atoms with Gasteiger partial charge in [-0.2, -0.15) is 0 Å². The first-order valence-corrected chi connectivity index (χ1v) is 9.54. The summed E-state index contributed by atoms with van der Waals surface area (Å²) in [5, 5.41) is 5.22. The molecule has 6 heteroatoms. The standard InChI is InChI=1S/C14H24N2O2S2/c1-5-11-6-12(11)16-20(17,18)14-10(4)8-19-13(14)7-15-9(2)3/h8-9,11-12,15-16H,5-7H2,1-4H3. The van der Waals surface area contributed by atoms with Crippen LogP contribution in [0.15, 0.2) is 10.3 Å². The van der Waals surface area contributed by atoms with Gasteiger partial charge in [0, 0.05) is 23.5 Å². The summed E-state index contributed by atoms with van der Waals surface area (Å²) < 4.78 is 28.0. The van der Waals surface area contributed by atoms with Crippen LogP contribution in [0, 0.1) is 12.8 Å². The first-order valence-electron chi connectivity index (χ1n) is 7.17. The predicted molar refractivity (Wildman–Crippen MR) is 83.5 cm³/mol. The van der Waals surface area contributed by atoms with Crippen molar-refractivity contribution in [3.8, 4) is 0 Å². The molecule has 1 saturated carbocycles. The molecule has 0 saturated heterocycles. The number of sulfonamides is 1. The van der Waals surface area contributed by atoms with Crippen LogP contribution in [0.3, 0.4) is 0 Å². The second kappa shape index (κ2) is 6.13. The Hall–Kier alpha value is -0.430. The van der Waals surface area contributed by atoms with Gasteiger partial charge in [-0.25, -0.2) is 13.1 Å². The minimum atomic E-state index is -3.39. The van der Waals surface area contributed by atoms with Gasteiger partial charge in [-0.15, -0.1) is 11.3 Å². The lowest BCUT2D eigenvalue weighted by molar-refractivity contribution is 0.567. The lowest BCUT2D eigenvalue weighted by Crippen LogP contribution is -2.29. The number of rotatable bonds is 7. The van der Waals surface area contributed by atoms with Gasteiger partial charge >= 0.3 is 0 Å². The Balaban J connectivity index is 2.16. The maximum atomic E-state index is 12.6. The van der Waals surface area contributed by atoms with Crippen molar-refractivity contribution in [2.24, 2.45) is 5.92 Å². The van der Waals surface area contributed by atoms with Crippen molar-refractivity contribution in [1.82, 2.24) is 10.0 Å². The van der Waals surface area contributed by atoms with Crippen molar-refractivity contribution in [2.45, 2.75) is 64.1 Å². The van der Waals surface area contributed by atoms with Crippen molar-refractivity contribution in [1.29, 1.82) is 0 Å². The summed E-state index contributed by atoms with van der Waals surface area (Å²) in [6, 6.07) is 0.476. The van der Waals surface area contributed by atoms with Crippen LogP contribution in [0.5, 0.6) is 0 Å². The first-order chi connectivity index (χ1) is 9.35. The molecule has 0 spiro atoms. The maximum Gasteiger partial charge on any atom is 0.242 e. The van der Waals surface area contributed by atoms with Crippen LogP contribution in [0.2, 0.25) is 0 Å². The van der Waals surface area contributed by atoms with E-state index in [4.69, 9.17) is 0 Å². The molecule has 20 heavy (non-hydrogen) atoms. The highest BCUT2D eigenvalue weighted by atomic mass is 32.2. The van der Waals surface area contributed by atoms with E-state index in [0.29, 0.717) is 23.4 Å². The van der Waals surface area contributed by atoms with Crippen molar-refractivity contribution in [3.05, 3.63) is 15.8 Å². The Kier molecular flexibility index (Phi) is 4.89. The van der Waals surface area contributed by atoms with Gasteiger partial charge in [-0.05, 0) is 30.2 Å². The average molecular weight is 316 g/mol. The maximum absolute atomic E-state index is 12.6. The van der Waals surface area contributed by atoms with E-state index in [0.717, 1.165) is 23.3 Å². The fourth-order valence-electron chi connectivity index (χ4n) is 2.37. The molecule has 1 fully saturated rings. The van der Waals surface area contributed by atoms with Crippen molar-refractivity contribution in [3.63, 3.8) is 0 Å². The van der Waals surface area contributed by atoms with Crippen LogP contribution in [0.25, 0.3) is 0 Å². The summed E-state index contributed by atoms with van der Waals surface area (Å²) in [5.41, 5.74) is 0.844. The first kappa shape index (κ1) is 15.9. The minimum absolute atomic E-state index is 0.134. The monoisotopic (exact) mass is 316 g/mol. The lowest BCUT2D eigenvalue weighted by Gasteiger charge is -2.11. The van der Waals surface area contributed by atoms with Crippen LogP contribution in [-0.4, -0.2) is 20.5 Å². The molecule has 2 rings (SSSR count). The highest BCUT2D eigenvalue weighted by Crippen LogP contribution is 2.36. The van der Waals surface area contributed by atoms with Crippen LogP contribution in [-0.2, 0) is 16.6 Å². The fraction of sp³-hybridized carbons (Fsp3) is 0.714. The molecule has 0 amide bonds. The molecule has 2 atom stereocenters. The highest BCUT2D eigenvalue weighted by Gasteiger charge is 2.39. The largest absolute Gasteiger partial charge is 0.310 e. The second-order valence-electron chi connectivity index (χ2n) is 5.84. The zero-order valence-corrected chi connectivity index (χ0v) is 14.2. The summed E-state index contributed by atoms with van der Waals surface area (Å²) in [7, 11) is -3.39. The third kappa shape index (κ3) is 3.61. The quantitative estimate of drug-likeness (QED) is 0.813. The molecule has 1 aromatic rings. The number of hydrogen-bond acceptors (Lipinski definition) is 4. The van der Waals surface area contributed by atoms with Crippen LogP contribution < -0.4 is 10.0 Å². The Morgan fingerprint density at radius 3 is 2.70 bits per heavy atom. The molecular weight excluding hydrogens is 292 g/mol. The molecule has 4 nitrogen and oxygen atoms in total. The summed E-state index contributed by atoms with van der Waals surface area (Å²) in [6.07, 6.45) is 2.01. The molecule has 2 unspecified atom stereocenters. The molecule has 2 N–H and O–H groups in total. The predicted octanol–water partition coefficient (Wildman–Crippen LogP) is 2.63. The van der Waals surface area contributed by atoms with Gasteiger partial charge in [0.1, 0.15) is 4.90 Å². The minimum Gasteiger partial charge on any atom is -0.310 e. The van der Waals surface area contributed by atoms with Gasteiger partial charge in [-0.1, -0.05) is 27.2 Å². The van der Waals surface area contributed by atoms with E-state index in [-0.39, 0.29) is 6.04 Å². The van der Waals surface area contributed by atoms with E-state index in [2.05, 4.69) is 30.8 Å². The Labute approximate surface area is 126 Å². The third-order valence-electron chi connectivity index (χ3n) is 3.68. The normalized spacial score (nSPS) is 22.4. The zero-order chi connectivity index (χ0) is 14.9. The molecule has 1 heterocycles. The van der Waals surface area contributed by atoms with E-state index >= 15 is 0 Å². The van der Waals surface area contributed by atoms with E-state index < -0.39 is 10.0 Å². The smallest absolute Gasteiger partial charge is 0.242 e. The number of nitrogens with one attached hydrogen (secondary N) is 2. The van der Waals surface area contributed by atoms with Crippen molar-refractivity contribution >= 4 is 21.4 Å². The van der Waals surface area contributed by atoms with Crippen molar-refractivity contribution < 1.29 is 8.42 Å². The highest BCUT2D eigenvalue weighted by molar-refractivity contribution is 7.89. The number of aryl methyl sites for hydroxylation is 1. The zero-order valence-electron chi connectivity index (χ0n) is 12.6. The summed E-state index contributed by atoms with van der Waals surface area (Å²) >= 11 is 1.52. The second-order valence-corrected chi connectivity index (χ2v) is 8.45. The van der Waals surface area contributed by atoms with Gasteiger partial charge in [0.15, 0.2) is 0 Å².